The zero-order valence-electron chi connectivity index (χ0n) is 10.5. The fraction of sp³-hybridized carbons (Fsp3) is 0.462. The van der Waals surface area contributed by atoms with Crippen molar-refractivity contribution in [2.75, 3.05) is 13.7 Å². The smallest absolute Gasteiger partial charge is 0.258 e. The van der Waals surface area contributed by atoms with Crippen LogP contribution in [-0.2, 0) is 4.79 Å². The first kappa shape index (κ1) is 13.4. The number of carbonyl (C=O) groups excluding carboxylic acids is 1. The Kier molecular flexibility index (Phi) is 5.33. The van der Waals surface area contributed by atoms with Crippen LogP contribution >= 0.6 is 0 Å². The molecule has 0 aromatic heterocycles. The summed E-state index contributed by atoms with van der Waals surface area (Å²) in [4.78, 5) is 11.5. The van der Waals surface area contributed by atoms with E-state index in [4.69, 9.17) is 9.47 Å². The number of hydrogen-bond donors (Lipinski definition) is 1. The standard InChI is InChI=1S/C13H19NO3/c1-4-10(2)14-13(15)9-17-12-8-6-5-7-11(12)16-3/h5-8,10H,4,9H2,1-3H3,(H,14,15)/t10-/m1/s1. The van der Waals surface area contributed by atoms with Crippen LogP contribution in [0.15, 0.2) is 24.3 Å². The van der Waals surface area contributed by atoms with Crippen molar-refractivity contribution in [3.63, 3.8) is 0 Å². The van der Waals surface area contributed by atoms with Crippen LogP contribution in [0.4, 0.5) is 0 Å². The highest BCUT2D eigenvalue weighted by Crippen LogP contribution is 2.25. The zero-order chi connectivity index (χ0) is 12.7. The molecule has 1 aromatic rings. The summed E-state index contributed by atoms with van der Waals surface area (Å²) < 4.78 is 10.5. The molecule has 94 valence electrons. The van der Waals surface area contributed by atoms with E-state index in [9.17, 15) is 4.79 Å². The highest BCUT2D eigenvalue weighted by atomic mass is 16.5. The van der Waals surface area contributed by atoms with Crippen LogP contribution in [0.1, 0.15) is 20.3 Å². The van der Waals surface area contributed by atoms with Crippen molar-refractivity contribution in [1.29, 1.82) is 0 Å². The number of hydrogen-bond acceptors (Lipinski definition) is 3. The molecular weight excluding hydrogens is 218 g/mol. The van der Waals surface area contributed by atoms with E-state index >= 15 is 0 Å². The lowest BCUT2D eigenvalue weighted by molar-refractivity contribution is -0.123. The maximum absolute atomic E-state index is 11.5. The summed E-state index contributed by atoms with van der Waals surface area (Å²) in [6.07, 6.45) is 0.903. The minimum atomic E-state index is -0.120. The van der Waals surface area contributed by atoms with Crippen LogP contribution in [0, 0.1) is 0 Å². The fourth-order valence-electron chi connectivity index (χ4n) is 1.30. The van der Waals surface area contributed by atoms with E-state index in [2.05, 4.69) is 5.32 Å². The first-order chi connectivity index (χ1) is 8.17. The van der Waals surface area contributed by atoms with Crippen molar-refractivity contribution in [2.45, 2.75) is 26.3 Å². The minimum Gasteiger partial charge on any atom is -0.493 e. The molecule has 0 saturated heterocycles. The molecular formula is C13H19NO3. The molecule has 17 heavy (non-hydrogen) atoms. The van der Waals surface area contributed by atoms with Gasteiger partial charge in [0.2, 0.25) is 0 Å². The Labute approximate surface area is 102 Å². The minimum absolute atomic E-state index is 0.00468. The topological polar surface area (TPSA) is 47.6 Å². The first-order valence-corrected chi connectivity index (χ1v) is 5.72. The molecule has 1 amide bonds. The van der Waals surface area contributed by atoms with Gasteiger partial charge in [0, 0.05) is 6.04 Å². The third-order valence-corrected chi connectivity index (χ3v) is 2.45. The number of methoxy groups -OCH3 is 1. The molecule has 0 spiro atoms. The summed E-state index contributed by atoms with van der Waals surface area (Å²) in [5.41, 5.74) is 0. The van der Waals surface area contributed by atoms with Gasteiger partial charge in [0.25, 0.3) is 5.91 Å². The van der Waals surface area contributed by atoms with Gasteiger partial charge >= 0.3 is 0 Å². The van der Waals surface area contributed by atoms with E-state index in [1.807, 2.05) is 26.0 Å². The molecule has 0 heterocycles. The third-order valence-electron chi connectivity index (χ3n) is 2.45. The summed E-state index contributed by atoms with van der Waals surface area (Å²) in [6, 6.07) is 7.43. The van der Waals surface area contributed by atoms with E-state index in [-0.39, 0.29) is 18.6 Å². The summed E-state index contributed by atoms with van der Waals surface area (Å²) in [7, 11) is 1.57. The molecule has 4 nitrogen and oxygen atoms in total. The number of ether oxygens (including phenoxy) is 2. The Balaban J connectivity index is 2.47. The molecule has 1 aromatic carbocycles. The van der Waals surface area contributed by atoms with E-state index in [0.29, 0.717) is 11.5 Å². The van der Waals surface area contributed by atoms with E-state index in [1.165, 1.54) is 0 Å². The summed E-state index contributed by atoms with van der Waals surface area (Å²) in [5.74, 6) is 1.09. The number of nitrogens with one attached hydrogen (secondary N) is 1. The fourth-order valence-corrected chi connectivity index (χ4v) is 1.30. The van der Waals surface area contributed by atoms with Crippen molar-refractivity contribution in [1.82, 2.24) is 5.32 Å². The van der Waals surface area contributed by atoms with Crippen LogP contribution in [0.5, 0.6) is 11.5 Å². The number of benzene rings is 1. The molecule has 1 rings (SSSR count). The molecule has 0 aliphatic carbocycles. The SMILES string of the molecule is CC[C@@H](C)NC(=O)COc1ccccc1OC. The van der Waals surface area contributed by atoms with Gasteiger partial charge in [-0.2, -0.15) is 0 Å². The molecule has 0 saturated carbocycles. The van der Waals surface area contributed by atoms with Gasteiger partial charge in [-0.05, 0) is 25.5 Å². The van der Waals surface area contributed by atoms with E-state index in [1.54, 1.807) is 19.2 Å². The van der Waals surface area contributed by atoms with Gasteiger partial charge in [0.05, 0.1) is 7.11 Å². The van der Waals surface area contributed by atoms with Crippen molar-refractivity contribution in [3.8, 4) is 11.5 Å². The predicted molar refractivity (Wildman–Crippen MR) is 66.4 cm³/mol. The van der Waals surface area contributed by atoms with Crippen molar-refractivity contribution >= 4 is 5.91 Å². The highest BCUT2D eigenvalue weighted by Gasteiger charge is 2.08. The van der Waals surface area contributed by atoms with E-state index in [0.717, 1.165) is 6.42 Å². The Bertz CT molecular complexity index is 365. The Morgan fingerprint density at radius 1 is 1.35 bits per heavy atom. The number of amides is 1. The molecule has 4 heteroatoms. The van der Waals surface area contributed by atoms with Crippen LogP contribution in [-0.4, -0.2) is 25.7 Å². The van der Waals surface area contributed by atoms with Crippen molar-refractivity contribution < 1.29 is 14.3 Å². The number of rotatable bonds is 6. The number of para-hydroxylation sites is 2. The molecule has 0 unspecified atom stereocenters. The second-order valence-electron chi connectivity index (χ2n) is 3.82. The lowest BCUT2D eigenvalue weighted by Crippen LogP contribution is -2.35. The molecule has 0 radical (unpaired) electrons. The van der Waals surface area contributed by atoms with E-state index < -0.39 is 0 Å². The summed E-state index contributed by atoms with van der Waals surface area (Å²) in [6.45, 7) is 3.98. The largest absolute Gasteiger partial charge is 0.493 e. The second kappa shape index (κ2) is 6.78. The Morgan fingerprint density at radius 2 is 2.00 bits per heavy atom. The molecule has 1 N–H and O–H groups in total. The van der Waals surface area contributed by atoms with Gasteiger partial charge in [-0.1, -0.05) is 19.1 Å². The van der Waals surface area contributed by atoms with Gasteiger partial charge in [0.15, 0.2) is 18.1 Å². The monoisotopic (exact) mass is 237 g/mol. The van der Waals surface area contributed by atoms with Crippen molar-refractivity contribution in [3.05, 3.63) is 24.3 Å². The average molecular weight is 237 g/mol. The van der Waals surface area contributed by atoms with Gasteiger partial charge < -0.3 is 14.8 Å². The maximum Gasteiger partial charge on any atom is 0.258 e. The van der Waals surface area contributed by atoms with Crippen LogP contribution in [0.25, 0.3) is 0 Å². The maximum atomic E-state index is 11.5. The molecule has 0 aliphatic heterocycles. The normalized spacial score (nSPS) is 11.7. The number of carbonyl (C=O) groups is 1. The average Bonchev–Trinajstić information content (AvgIpc) is 2.36. The predicted octanol–water partition coefficient (Wildman–Crippen LogP) is 1.99. The summed E-state index contributed by atoms with van der Waals surface area (Å²) >= 11 is 0. The Hall–Kier alpha value is -1.71. The molecule has 0 fully saturated rings. The quantitative estimate of drug-likeness (QED) is 0.823. The van der Waals surface area contributed by atoms with Gasteiger partial charge in [0.1, 0.15) is 0 Å². The van der Waals surface area contributed by atoms with Gasteiger partial charge in [-0.25, -0.2) is 0 Å². The molecule has 1 atom stereocenters. The summed E-state index contributed by atoms with van der Waals surface area (Å²) in [5, 5.41) is 2.83. The Morgan fingerprint density at radius 3 is 2.59 bits per heavy atom. The van der Waals surface area contributed by atoms with Crippen molar-refractivity contribution in [2.24, 2.45) is 0 Å². The highest BCUT2D eigenvalue weighted by molar-refractivity contribution is 5.77. The van der Waals surface area contributed by atoms with Gasteiger partial charge in [-0.3, -0.25) is 4.79 Å². The van der Waals surface area contributed by atoms with Crippen LogP contribution in [0.3, 0.4) is 0 Å². The van der Waals surface area contributed by atoms with Crippen LogP contribution in [0.2, 0.25) is 0 Å². The second-order valence-corrected chi connectivity index (χ2v) is 3.82. The zero-order valence-corrected chi connectivity index (χ0v) is 10.5. The lowest BCUT2D eigenvalue weighted by Gasteiger charge is -2.13. The lowest BCUT2D eigenvalue weighted by atomic mass is 10.2. The third kappa shape index (κ3) is 4.34. The first-order valence-electron chi connectivity index (χ1n) is 5.72. The molecule has 0 bridgehead atoms. The molecule has 0 aliphatic rings. The van der Waals surface area contributed by atoms with Crippen LogP contribution < -0.4 is 14.8 Å². The van der Waals surface area contributed by atoms with Gasteiger partial charge in [-0.15, -0.1) is 0 Å².